The van der Waals surface area contributed by atoms with E-state index in [-0.39, 0.29) is 18.5 Å². The molecule has 1 amide bonds. The minimum atomic E-state index is -0.670. The zero-order valence-electron chi connectivity index (χ0n) is 53.2. The van der Waals surface area contributed by atoms with E-state index in [0.29, 0.717) is 25.9 Å². The molecule has 78 heavy (non-hydrogen) atoms. The van der Waals surface area contributed by atoms with Gasteiger partial charge in [0.2, 0.25) is 5.91 Å². The topological polar surface area (TPSA) is 95.9 Å². The summed E-state index contributed by atoms with van der Waals surface area (Å²) in [5.74, 6) is -0.0237. The van der Waals surface area contributed by atoms with Crippen LogP contribution < -0.4 is 5.32 Å². The predicted molar refractivity (Wildman–Crippen MR) is 343 cm³/mol. The van der Waals surface area contributed by atoms with Gasteiger partial charge in [-0.3, -0.25) is 9.59 Å². The number of amides is 1. The molecule has 2 unspecified atom stereocenters. The van der Waals surface area contributed by atoms with Gasteiger partial charge in [0.05, 0.1) is 25.4 Å². The van der Waals surface area contributed by atoms with E-state index in [2.05, 4.69) is 31.3 Å². The Morgan fingerprint density at radius 1 is 0.346 bits per heavy atom. The minimum Gasteiger partial charge on any atom is -0.466 e. The molecule has 0 radical (unpaired) electrons. The summed E-state index contributed by atoms with van der Waals surface area (Å²) in [7, 11) is 0. The van der Waals surface area contributed by atoms with E-state index in [1.165, 1.54) is 340 Å². The summed E-state index contributed by atoms with van der Waals surface area (Å²) in [6.07, 6.45) is 84.0. The lowest BCUT2D eigenvalue weighted by Crippen LogP contribution is -2.45. The summed E-state index contributed by atoms with van der Waals surface area (Å²) in [4.78, 5) is 24.7. The van der Waals surface area contributed by atoms with Gasteiger partial charge in [-0.25, -0.2) is 0 Å². The summed E-state index contributed by atoms with van der Waals surface area (Å²) < 4.78 is 5.51. The van der Waals surface area contributed by atoms with Crippen molar-refractivity contribution in [3.8, 4) is 0 Å². The highest BCUT2D eigenvalue weighted by atomic mass is 16.5. The van der Waals surface area contributed by atoms with Gasteiger partial charge in [0, 0.05) is 12.8 Å². The van der Waals surface area contributed by atoms with Gasteiger partial charge >= 0.3 is 5.97 Å². The third-order valence-corrected chi connectivity index (χ3v) is 17.1. The molecule has 0 bridgehead atoms. The molecule has 464 valence electrons. The lowest BCUT2D eigenvalue weighted by Gasteiger charge is -2.22. The number of rotatable bonds is 68. The van der Waals surface area contributed by atoms with Gasteiger partial charge in [-0.15, -0.1) is 0 Å². The normalized spacial score (nSPS) is 12.5. The van der Waals surface area contributed by atoms with E-state index >= 15 is 0 Å². The highest BCUT2D eigenvalue weighted by Crippen LogP contribution is 2.19. The van der Waals surface area contributed by atoms with Crippen molar-refractivity contribution < 1.29 is 24.5 Å². The summed E-state index contributed by atoms with van der Waals surface area (Å²) >= 11 is 0. The SMILES string of the molecule is CCCCCCCCCCCCCCCCCCCCCCCCC(O)C(CO)NC(=O)CCCCCCCCC/C=C\CCCCCCCCCCCCOC(=O)CCCCCCCCCCCCCCCCCCCC. The first-order valence-corrected chi connectivity index (χ1v) is 35.9. The number of allylic oxidation sites excluding steroid dienone is 2. The standard InChI is InChI=1S/C72H141NO5/c1-3-5-7-9-11-13-15-17-19-21-23-24-26-29-32-36-40-44-48-52-56-60-64-70(75)69(68-74)73-71(76)65-61-57-53-49-45-41-37-33-30-27-25-28-31-35-39-43-47-51-55-59-63-67-78-72(77)66-62-58-54-50-46-42-38-34-22-20-18-16-14-12-10-8-6-4-2/h27,30,69-70,74-75H,3-26,28-29,31-68H2,1-2H3,(H,73,76)/b30-27-. The van der Waals surface area contributed by atoms with Crippen LogP contribution in [0.15, 0.2) is 12.2 Å². The first-order chi connectivity index (χ1) is 38.5. The molecule has 0 saturated heterocycles. The van der Waals surface area contributed by atoms with E-state index in [9.17, 15) is 19.8 Å². The van der Waals surface area contributed by atoms with Crippen LogP contribution in [0.3, 0.4) is 0 Å². The maximum atomic E-state index is 12.5. The first kappa shape index (κ1) is 76.6. The van der Waals surface area contributed by atoms with Crippen molar-refractivity contribution in [3.63, 3.8) is 0 Å². The second-order valence-electron chi connectivity index (χ2n) is 24.9. The van der Waals surface area contributed by atoms with Crippen LogP contribution in [0.2, 0.25) is 0 Å². The molecule has 0 aliphatic carbocycles. The molecule has 0 aliphatic rings. The maximum Gasteiger partial charge on any atom is 0.305 e. The zero-order valence-corrected chi connectivity index (χ0v) is 53.2. The highest BCUT2D eigenvalue weighted by Gasteiger charge is 2.20. The monoisotopic (exact) mass is 1100 g/mol. The first-order valence-electron chi connectivity index (χ1n) is 35.9. The van der Waals surface area contributed by atoms with Crippen LogP contribution in [0.5, 0.6) is 0 Å². The Labute approximate surface area is 489 Å². The van der Waals surface area contributed by atoms with E-state index in [4.69, 9.17) is 4.74 Å². The third-order valence-electron chi connectivity index (χ3n) is 17.1. The third kappa shape index (κ3) is 63.8. The molecule has 0 saturated carbocycles. The molecular weight excluding hydrogens is 959 g/mol. The molecule has 3 N–H and O–H groups in total. The van der Waals surface area contributed by atoms with Crippen LogP contribution in [-0.4, -0.2) is 47.4 Å². The van der Waals surface area contributed by atoms with E-state index in [1.54, 1.807) is 0 Å². The molecule has 6 nitrogen and oxygen atoms in total. The van der Waals surface area contributed by atoms with Crippen molar-refractivity contribution in [2.75, 3.05) is 13.2 Å². The van der Waals surface area contributed by atoms with E-state index in [0.717, 1.165) is 38.5 Å². The Morgan fingerprint density at radius 2 is 0.603 bits per heavy atom. The van der Waals surface area contributed by atoms with Crippen molar-refractivity contribution in [3.05, 3.63) is 12.2 Å². The Hall–Kier alpha value is -1.40. The Balaban J connectivity index is 3.40. The second-order valence-corrected chi connectivity index (χ2v) is 24.9. The molecule has 0 aromatic carbocycles. The number of esters is 1. The Morgan fingerprint density at radius 3 is 0.910 bits per heavy atom. The van der Waals surface area contributed by atoms with Crippen molar-refractivity contribution in [1.82, 2.24) is 5.32 Å². The molecule has 0 rings (SSSR count). The predicted octanol–water partition coefficient (Wildman–Crippen LogP) is 23.1. The zero-order chi connectivity index (χ0) is 56.4. The van der Waals surface area contributed by atoms with E-state index in [1.807, 2.05) is 0 Å². The van der Waals surface area contributed by atoms with E-state index < -0.39 is 12.1 Å². The molecule has 0 aromatic heterocycles. The summed E-state index contributed by atoms with van der Waals surface area (Å²) in [6.45, 7) is 5.00. The quantitative estimate of drug-likeness (QED) is 0.0320. The Bertz CT molecular complexity index is 1180. The Kier molecular flexibility index (Phi) is 66.9. The molecule has 0 heterocycles. The number of hydrogen-bond acceptors (Lipinski definition) is 5. The molecule has 0 fully saturated rings. The number of carbonyl (C=O) groups is 2. The summed E-state index contributed by atoms with van der Waals surface area (Å²) in [5, 5.41) is 23.4. The number of nitrogens with one attached hydrogen (secondary N) is 1. The van der Waals surface area contributed by atoms with Crippen LogP contribution in [0.1, 0.15) is 412 Å². The van der Waals surface area contributed by atoms with Crippen molar-refractivity contribution in [1.29, 1.82) is 0 Å². The number of unbranched alkanes of at least 4 members (excludes halogenated alkanes) is 55. The van der Waals surface area contributed by atoms with Crippen molar-refractivity contribution >= 4 is 11.9 Å². The number of aliphatic hydroxyl groups excluding tert-OH is 2. The van der Waals surface area contributed by atoms with Gasteiger partial charge in [0.25, 0.3) is 0 Å². The molecule has 0 aromatic rings. The molecule has 0 aliphatic heterocycles. The van der Waals surface area contributed by atoms with Crippen LogP contribution >= 0.6 is 0 Å². The van der Waals surface area contributed by atoms with Gasteiger partial charge in [-0.05, 0) is 51.4 Å². The van der Waals surface area contributed by atoms with Gasteiger partial charge in [0.1, 0.15) is 0 Å². The van der Waals surface area contributed by atoms with Gasteiger partial charge in [0.15, 0.2) is 0 Å². The van der Waals surface area contributed by atoms with Crippen molar-refractivity contribution in [2.24, 2.45) is 0 Å². The number of hydrogen-bond donors (Lipinski definition) is 3. The smallest absolute Gasteiger partial charge is 0.305 e. The average molecular weight is 1100 g/mol. The lowest BCUT2D eigenvalue weighted by molar-refractivity contribution is -0.143. The largest absolute Gasteiger partial charge is 0.466 e. The summed E-state index contributed by atoms with van der Waals surface area (Å²) in [5.41, 5.74) is 0. The minimum absolute atomic E-state index is 0.0140. The molecule has 2 atom stereocenters. The number of ether oxygens (including phenoxy) is 1. The van der Waals surface area contributed by atoms with Crippen LogP contribution in [0, 0.1) is 0 Å². The van der Waals surface area contributed by atoms with Gasteiger partial charge in [-0.1, -0.05) is 360 Å². The maximum absolute atomic E-state index is 12.5. The fourth-order valence-corrected chi connectivity index (χ4v) is 11.6. The van der Waals surface area contributed by atoms with Crippen LogP contribution in [0.4, 0.5) is 0 Å². The second kappa shape index (κ2) is 68.1. The molecule has 0 spiro atoms. The fourth-order valence-electron chi connectivity index (χ4n) is 11.6. The highest BCUT2D eigenvalue weighted by molar-refractivity contribution is 5.76. The molecular formula is C72H141NO5. The van der Waals surface area contributed by atoms with Crippen LogP contribution in [-0.2, 0) is 14.3 Å². The van der Waals surface area contributed by atoms with Gasteiger partial charge in [-0.2, -0.15) is 0 Å². The number of carbonyl (C=O) groups excluding carboxylic acids is 2. The number of aliphatic hydroxyl groups is 2. The van der Waals surface area contributed by atoms with Crippen LogP contribution in [0.25, 0.3) is 0 Å². The fraction of sp³-hybridized carbons (Fsp3) is 0.944. The average Bonchev–Trinajstić information content (AvgIpc) is 3.44. The van der Waals surface area contributed by atoms with Gasteiger partial charge < -0.3 is 20.3 Å². The summed E-state index contributed by atoms with van der Waals surface area (Å²) in [6, 6.07) is -0.548. The molecule has 6 heteroatoms. The lowest BCUT2D eigenvalue weighted by atomic mass is 10.0. The van der Waals surface area contributed by atoms with Crippen molar-refractivity contribution in [2.45, 2.75) is 424 Å².